The minimum atomic E-state index is -0.468. The molecule has 0 unspecified atom stereocenters. The fourth-order valence-electron chi connectivity index (χ4n) is 2.10. The molecule has 0 spiro atoms. The summed E-state index contributed by atoms with van der Waals surface area (Å²) in [5.41, 5.74) is 2.64. The highest BCUT2D eigenvalue weighted by Gasteiger charge is 2.02. The van der Waals surface area contributed by atoms with Crippen molar-refractivity contribution in [1.82, 2.24) is 10.3 Å². The third-order valence-electron chi connectivity index (χ3n) is 3.31. The summed E-state index contributed by atoms with van der Waals surface area (Å²) in [6, 6.07) is 13.1. The zero-order chi connectivity index (χ0) is 18.1. The molecule has 0 saturated carbocycles. The molecule has 6 nitrogen and oxygen atoms in total. The van der Waals surface area contributed by atoms with Crippen LogP contribution in [0, 0.1) is 6.92 Å². The molecule has 1 aromatic carbocycles. The Morgan fingerprint density at radius 1 is 1.16 bits per heavy atom. The van der Waals surface area contributed by atoms with E-state index in [2.05, 4.69) is 15.6 Å². The number of ether oxygens (including phenoxy) is 1. The van der Waals surface area contributed by atoms with E-state index in [4.69, 9.17) is 4.74 Å². The lowest BCUT2D eigenvalue weighted by Crippen LogP contribution is -2.24. The molecule has 0 atom stereocenters. The Bertz CT molecular complexity index is 758. The number of aromatic nitrogens is 1. The van der Waals surface area contributed by atoms with Crippen molar-refractivity contribution in [3.63, 3.8) is 0 Å². The zero-order valence-corrected chi connectivity index (χ0v) is 14.3. The van der Waals surface area contributed by atoms with Crippen molar-refractivity contribution in [1.29, 1.82) is 0 Å². The minimum Gasteiger partial charge on any atom is -0.445 e. The standard InChI is InChI=1S/C19H21N3O3/c1-14-17(10-11-18(21-14)22-15(2)23)9-6-12-20-19(24)25-13-16-7-4-3-5-8-16/h3-11H,12-13H2,1-2H3,(H,20,24)(H,21,22,23). The van der Waals surface area contributed by atoms with Crippen molar-refractivity contribution in [2.45, 2.75) is 20.5 Å². The number of rotatable bonds is 6. The Morgan fingerprint density at radius 3 is 2.60 bits per heavy atom. The predicted octanol–water partition coefficient (Wildman–Crippen LogP) is 3.29. The normalized spacial score (nSPS) is 10.5. The number of pyridine rings is 1. The molecule has 0 aliphatic carbocycles. The van der Waals surface area contributed by atoms with Crippen molar-refractivity contribution < 1.29 is 14.3 Å². The van der Waals surface area contributed by atoms with Gasteiger partial charge < -0.3 is 15.4 Å². The van der Waals surface area contributed by atoms with E-state index in [1.165, 1.54) is 6.92 Å². The van der Waals surface area contributed by atoms with Crippen molar-refractivity contribution in [3.8, 4) is 0 Å². The van der Waals surface area contributed by atoms with Gasteiger partial charge in [0.05, 0.1) is 0 Å². The van der Waals surface area contributed by atoms with E-state index >= 15 is 0 Å². The smallest absolute Gasteiger partial charge is 0.407 e. The maximum Gasteiger partial charge on any atom is 0.407 e. The number of nitrogens with zero attached hydrogens (tertiary/aromatic N) is 1. The predicted molar refractivity (Wildman–Crippen MR) is 96.9 cm³/mol. The Labute approximate surface area is 146 Å². The Balaban J connectivity index is 1.77. The summed E-state index contributed by atoms with van der Waals surface area (Å²) in [7, 11) is 0. The number of alkyl carbamates (subject to hydrolysis) is 1. The lowest BCUT2D eigenvalue weighted by Gasteiger charge is -2.06. The first-order chi connectivity index (χ1) is 12.0. The molecule has 130 valence electrons. The SMILES string of the molecule is CC(=O)Nc1ccc(C=CCNC(=O)OCc2ccccc2)c(C)n1. The highest BCUT2D eigenvalue weighted by atomic mass is 16.5. The van der Waals surface area contributed by atoms with Crippen molar-refractivity contribution in [2.75, 3.05) is 11.9 Å². The number of anilines is 1. The molecule has 1 heterocycles. The second-order valence-electron chi connectivity index (χ2n) is 5.40. The van der Waals surface area contributed by atoms with E-state index in [9.17, 15) is 9.59 Å². The van der Waals surface area contributed by atoms with Gasteiger partial charge in [-0.05, 0) is 30.2 Å². The number of hydrogen-bond acceptors (Lipinski definition) is 4. The molecule has 25 heavy (non-hydrogen) atoms. The molecule has 6 heteroatoms. The van der Waals surface area contributed by atoms with Crippen LogP contribution in [0.5, 0.6) is 0 Å². The van der Waals surface area contributed by atoms with Crippen LogP contribution in [-0.2, 0) is 16.1 Å². The van der Waals surface area contributed by atoms with Crippen LogP contribution in [0.4, 0.5) is 10.6 Å². The van der Waals surface area contributed by atoms with E-state index in [1.54, 1.807) is 6.07 Å². The Kier molecular flexibility index (Phi) is 6.71. The lowest BCUT2D eigenvalue weighted by molar-refractivity contribution is -0.114. The highest BCUT2D eigenvalue weighted by Crippen LogP contribution is 2.12. The summed E-state index contributed by atoms with van der Waals surface area (Å²) in [4.78, 5) is 26.9. The molecule has 2 amide bonds. The quantitative estimate of drug-likeness (QED) is 0.846. The third-order valence-corrected chi connectivity index (χ3v) is 3.31. The molecule has 2 N–H and O–H groups in total. The van der Waals surface area contributed by atoms with Crippen LogP contribution in [-0.4, -0.2) is 23.5 Å². The maximum atomic E-state index is 11.6. The number of hydrogen-bond donors (Lipinski definition) is 2. The van der Waals surface area contributed by atoms with Gasteiger partial charge in [-0.1, -0.05) is 42.5 Å². The second-order valence-corrected chi connectivity index (χ2v) is 5.40. The highest BCUT2D eigenvalue weighted by molar-refractivity contribution is 5.87. The van der Waals surface area contributed by atoms with Gasteiger partial charge in [-0.2, -0.15) is 0 Å². The Hall–Kier alpha value is -3.15. The van der Waals surface area contributed by atoms with Crippen LogP contribution in [0.15, 0.2) is 48.5 Å². The fourth-order valence-corrected chi connectivity index (χ4v) is 2.10. The van der Waals surface area contributed by atoms with Gasteiger partial charge in [-0.15, -0.1) is 0 Å². The van der Waals surface area contributed by atoms with Gasteiger partial charge in [-0.3, -0.25) is 4.79 Å². The van der Waals surface area contributed by atoms with E-state index < -0.39 is 6.09 Å². The molecule has 0 aliphatic heterocycles. The van der Waals surface area contributed by atoms with Gasteiger partial charge in [0.1, 0.15) is 12.4 Å². The molecule has 0 bridgehead atoms. The average molecular weight is 339 g/mol. The van der Waals surface area contributed by atoms with Crippen LogP contribution < -0.4 is 10.6 Å². The van der Waals surface area contributed by atoms with Crippen molar-refractivity contribution in [3.05, 3.63) is 65.4 Å². The van der Waals surface area contributed by atoms with Crippen LogP contribution in [0.3, 0.4) is 0 Å². The summed E-state index contributed by atoms with van der Waals surface area (Å²) in [6.07, 6.45) is 3.20. The summed E-state index contributed by atoms with van der Waals surface area (Å²) in [5.74, 6) is 0.359. The fraction of sp³-hybridized carbons (Fsp3) is 0.211. The summed E-state index contributed by atoms with van der Waals surface area (Å²) < 4.78 is 5.12. The number of benzene rings is 1. The lowest BCUT2D eigenvalue weighted by atomic mass is 10.2. The molecular weight excluding hydrogens is 318 g/mol. The number of aryl methyl sites for hydroxylation is 1. The molecule has 0 aliphatic rings. The first kappa shape index (κ1) is 18.2. The van der Waals surface area contributed by atoms with Gasteiger partial charge >= 0.3 is 6.09 Å². The molecule has 1 aromatic heterocycles. The largest absolute Gasteiger partial charge is 0.445 e. The Morgan fingerprint density at radius 2 is 1.92 bits per heavy atom. The van der Waals surface area contributed by atoms with Gasteiger partial charge in [0.15, 0.2) is 0 Å². The minimum absolute atomic E-state index is 0.159. The second kappa shape index (κ2) is 9.22. The van der Waals surface area contributed by atoms with Crippen LogP contribution in [0.2, 0.25) is 0 Å². The maximum absolute atomic E-state index is 11.6. The average Bonchev–Trinajstić information content (AvgIpc) is 2.59. The van der Waals surface area contributed by atoms with Crippen LogP contribution in [0.25, 0.3) is 6.08 Å². The molecule has 0 radical (unpaired) electrons. The van der Waals surface area contributed by atoms with Gasteiger partial charge in [-0.25, -0.2) is 9.78 Å². The van der Waals surface area contributed by atoms with E-state index in [0.29, 0.717) is 12.4 Å². The third kappa shape index (κ3) is 6.47. The topological polar surface area (TPSA) is 80.3 Å². The van der Waals surface area contributed by atoms with Crippen molar-refractivity contribution in [2.24, 2.45) is 0 Å². The van der Waals surface area contributed by atoms with E-state index in [0.717, 1.165) is 16.8 Å². The number of nitrogens with one attached hydrogen (secondary N) is 2. The van der Waals surface area contributed by atoms with Crippen LogP contribution >= 0.6 is 0 Å². The van der Waals surface area contributed by atoms with E-state index in [1.807, 2.05) is 55.5 Å². The summed E-state index contributed by atoms with van der Waals surface area (Å²) in [6.45, 7) is 3.88. The molecule has 2 aromatic rings. The monoisotopic (exact) mass is 339 g/mol. The summed E-state index contributed by atoms with van der Waals surface area (Å²) in [5, 5.41) is 5.29. The van der Waals surface area contributed by atoms with Crippen molar-refractivity contribution >= 4 is 23.9 Å². The molecule has 2 rings (SSSR count). The van der Waals surface area contributed by atoms with Gasteiger partial charge in [0.2, 0.25) is 5.91 Å². The summed E-state index contributed by atoms with van der Waals surface area (Å²) >= 11 is 0. The zero-order valence-electron chi connectivity index (χ0n) is 14.3. The molecular formula is C19H21N3O3. The van der Waals surface area contributed by atoms with Crippen LogP contribution in [0.1, 0.15) is 23.7 Å². The molecule has 0 fully saturated rings. The number of amides is 2. The first-order valence-corrected chi connectivity index (χ1v) is 7.91. The first-order valence-electron chi connectivity index (χ1n) is 7.91. The number of carbonyl (C=O) groups excluding carboxylic acids is 2. The molecule has 0 saturated heterocycles. The number of carbonyl (C=O) groups is 2. The van der Waals surface area contributed by atoms with Gasteiger partial charge in [0, 0.05) is 19.2 Å². The van der Waals surface area contributed by atoms with Gasteiger partial charge in [0.25, 0.3) is 0 Å². The van der Waals surface area contributed by atoms with E-state index in [-0.39, 0.29) is 12.5 Å².